The lowest BCUT2D eigenvalue weighted by Gasteiger charge is -2.33. The Bertz CT molecular complexity index is 474. The molecule has 2 nitrogen and oxygen atoms in total. The third-order valence-electron chi connectivity index (χ3n) is 4.58. The molecular weight excluding hydrogens is 277 g/mol. The van der Waals surface area contributed by atoms with Crippen LogP contribution in [0.25, 0.3) is 0 Å². The number of hydrogen-bond donors (Lipinski definition) is 1. The van der Waals surface area contributed by atoms with Crippen LogP contribution in [0.4, 0.5) is 10.1 Å². The van der Waals surface area contributed by atoms with Gasteiger partial charge in [-0.1, -0.05) is 36.9 Å². The van der Waals surface area contributed by atoms with Gasteiger partial charge in [0.15, 0.2) is 5.82 Å². The normalized spacial score (nSPS) is 25.0. The van der Waals surface area contributed by atoms with Crippen LogP contribution in [0.1, 0.15) is 44.9 Å². The van der Waals surface area contributed by atoms with E-state index in [2.05, 4.69) is 5.32 Å². The summed E-state index contributed by atoms with van der Waals surface area (Å²) in [7, 11) is 0. The number of rotatable bonds is 3. The zero-order valence-corrected chi connectivity index (χ0v) is 12.4. The number of anilines is 1. The van der Waals surface area contributed by atoms with Crippen LogP contribution in [-0.4, -0.2) is 18.2 Å². The first-order chi connectivity index (χ1) is 9.69. The molecule has 1 spiro atoms. The summed E-state index contributed by atoms with van der Waals surface area (Å²) in [6.07, 6.45) is 8.68. The van der Waals surface area contributed by atoms with Crippen molar-refractivity contribution in [3.63, 3.8) is 0 Å². The van der Waals surface area contributed by atoms with Gasteiger partial charge in [-0.25, -0.2) is 4.39 Å². The molecule has 0 aromatic heterocycles. The molecule has 3 rings (SSSR count). The molecule has 20 heavy (non-hydrogen) atoms. The lowest BCUT2D eigenvalue weighted by Crippen LogP contribution is -2.33. The Kier molecular flexibility index (Phi) is 4.18. The molecule has 0 amide bonds. The molecule has 110 valence electrons. The minimum Gasteiger partial charge on any atom is -0.380 e. The molecule has 2 fully saturated rings. The fourth-order valence-corrected chi connectivity index (χ4v) is 3.64. The number of benzene rings is 1. The van der Waals surface area contributed by atoms with Crippen LogP contribution in [-0.2, 0) is 4.74 Å². The molecular formula is C16H21ClFNO. The highest BCUT2D eigenvalue weighted by Crippen LogP contribution is 2.41. The van der Waals surface area contributed by atoms with Crippen LogP contribution in [0.5, 0.6) is 0 Å². The molecule has 0 radical (unpaired) electrons. The van der Waals surface area contributed by atoms with Crippen molar-refractivity contribution in [3.8, 4) is 0 Å². The highest BCUT2D eigenvalue weighted by atomic mass is 35.5. The highest BCUT2D eigenvalue weighted by Gasteiger charge is 2.40. The summed E-state index contributed by atoms with van der Waals surface area (Å²) in [6, 6.07) is 5.03. The zero-order valence-electron chi connectivity index (χ0n) is 11.6. The lowest BCUT2D eigenvalue weighted by molar-refractivity contribution is -0.0588. The molecule has 1 aromatic rings. The van der Waals surface area contributed by atoms with E-state index < -0.39 is 0 Å². The van der Waals surface area contributed by atoms with E-state index in [1.807, 2.05) is 0 Å². The highest BCUT2D eigenvalue weighted by molar-refractivity contribution is 6.31. The third kappa shape index (κ3) is 2.94. The van der Waals surface area contributed by atoms with E-state index in [4.69, 9.17) is 16.3 Å². The Hall–Kier alpha value is -0.800. The van der Waals surface area contributed by atoms with Gasteiger partial charge < -0.3 is 10.1 Å². The van der Waals surface area contributed by atoms with E-state index in [0.29, 0.717) is 12.2 Å². The Morgan fingerprint density at radius 3 is 2.85 bits per heavy atom. The summed E-state index contributed by atoms with van der Waals surface area (Å²) in [5.74, 6) is -0.375. The van der Waals surface area contributed by atoms with Gasteiger partial charge in [0.05, 0.1) is 22.4 Å². The van der Waals surface area contributed by atoms with Gasteiger partial charge in [-0.15, -0.1) is 0 Å². The third-order valence-corrected chi connectivity index (χ3v) is 4.87. The number of ether oxygens (including phenoxy) is 1. The fraction of sp³-hybridized carbons (Fsp3) is 0.625. The number of nitrogens with one attached hydrogen (secondary N) is 1. The van der Waals surface area contributed by atoms with E-state index in [0.717, 1.165) is 12.8 Å². The van der Waals surface area contributed by atoms with Gasteiger partial charge in [0.1, 0.15) is 0 Å². The predicted molar refractivity (Wildman–Crippen MR) is 79.8 cm³/mol. The average molecular weight is 298 g/mol. The molecule has 0 bridgehead atoms. The molecule has 1 saturated heterocycles. The zero-order chi connectivity index (χ0) is 14.0. The standard InChI is InChI=1S/C16H21ClFNO/c17-13-5-4-6-14(15(13)18)19-11-12-7-10-16(20-12)8-2-1-3-9-16/h4-6,12,19H,1-3,7-11H2. The van der Waals surface area contributed by atoms with Crippen molar-refractivity contribution in [3.05, 3.63) is 29.0 Å². The van der Waals surface area contributed by atoms with Gasteiger partial charge in [0.25, 0.3) is 0 Å². The summed E-state index contributed by atoms with van der Waals surface area (Å²) < 4.78 is 20.1. The summed E-state index contributed by atoms with van der Waals surface area (Å²) in [4.78, 5) is 0. The molecule has 1 saturated carbocycles. The first-order valence-corrected chi connectivity index (χ1v) is 7.92. The van der Waals surface area contributed by atoms with Crippen molar-refractivity contribution < 1.29 is 9.13 Å². The Morgan fingerprint density at radius 2 is 2.05 bits per heavy atom. The second-order valence-electron chi connectivity index (χ2n) is 6.00. The van der Waals surface area contributed by atoms with E-state index in [1.54, 1.807) is 18.2 Å². The molecule has 1 heterocycles. The topological polar surface area (TPSA) is 21.3 Å². The molecule has 1 N–H and O–H groups in total. The smallest absolute Gasteiger partial charge is 0.164 e. The van der Waals surface area contributed by atoms with Gasteiger partial charge in [-0.3, -0.25) is 0 Å². The van der Waals surface area contributed by atoms with Gasteiger partial charge in [-0.2, -0.15) is 0 Å². The second kappa shape index (κ2) is 5.90. The molecule has 1 unspecified atom stereocenters. The van der Waals surface area contributed by atoms with Crippen LogP contribution in [0.3, 0.4) is 0 Å². The van der Waals surface area contributed by atoms with Crippen LogP contribution in [0.2, 0.25) is 5.02 Å². The lowest BCUT2D eigenvalue weighted by atomic mass is 9.83. The maximum Gasteiger partial charge on any atom is 0.164 e. The SMILES string of the molecule is Fc1c(Cl)cccc1NCC1CCC2(CCCCC2)O1. The van der Waals surface area contributed by atoms with Crippen molar-refractivity contribution in [1.82, 2.24) is 0 Å². The monoisotopic (exact) mass is 297 g/mol. The Morgan fingerprint density at radius 1 is 1.25 bits per heavy atom. The van der Waals surface area contributed by atoms with Gasteiger partial charge in [0, 0.05) is 6.54 Å². The Balaban J connectivity index is 1.56. The van der Waals surface area contributed by atoms with E-state index >= 15 is 0 Å². The maximum absolute atomic E-state index is 13.8. The van der Waals surface area contributed by atoms with Crippen molar-refractivity contribution >= 4 is 17.3 Å². The average Bonchev–Trinajstić information content (AvgIpc) is 2.84. The first-order valence-electron chi connectivity index (χ1n) is 7.54. The second-order valence-corrected chi connectivity index (χ2v) is 6.41. The van der Waals surface area contributed by atoms with Gasteiger partial charge in [-0.05, 0) is 37.8 Å². The van der Waals surface area contributed by atoms with Crippen LogP contribution >= 0.6 is 11.6 Å². The summed E-state index contributed by atoms with van der Waals surface area (Å²) in [6.45, 7) is 0.652. The van der Waals surface area contributed by atoms with E-state index in [9.17, 15) is 4.39 Å². The fourth-order valence-electron chi connectivity index (χ4n) is 3.47. The molecule has 2 aliphatic rings. The molecule has 1 aliphatic carbocycles. The van der Waals surface area contributed by atoms with E-state index in [-0.39, 0.29) is 22.5 Å². The van der Waals surface area contributed by atoms with Gasteiger partial charge in [0.2, 0.25) is 0 Å². The van der Waals surface area contributed by atoms with Crippen molar-refractivity contribution in [2.45, 2.75) is 56.7 Å². The van der Waals surface area contributed by atoms with Crippen LogP contribution in [0, 0.1) is 5.82 Å². The van der Waals surface area contributed by atoms with Crippen LogP contribution < -0.4 is 5.32 Å². The largest absolute Gasteiger partial charge is 0.380 e. The Labute approximate surface area is 124 Å². The molecule has 1 aliphatic heterocycles. The minimum atomic E-state index is -0.375. The summed E-state index contributed by atoms with van der Waals surface area (Å²) >= 11 is 5.78. The summed E-state index contributed by atoms with van der Waals surface area (Å²) in [5, 5.41) is 3.29. The van der Waals surface area contributed by atoms with Gasteiger partial charge >= 0.3 is 0 Å². The quantitative estimate of drug-likeness (QED) is 0.867. The first kappa shape index (κ1) is 14.2. The number of halogens is 2. The predicted octanol–water partition coefficient (Wildman–Crippen LogP) is 4.77. The van der Waals surface area contributed by atoms with Crippen LogP contribution in [0.15, 0.2) is 18.2 Å². The van der Waals surface area contributed by atoms with Crippen molar-refractivity contribution in [2.75, 3.05) is 11.9 Å². The van der Waals surface area contributed by atoms with Crippen molar-refractivity contribution in [2.24, 2.45) is 0 Å². The number of hydrogen-bond acceptors (Lipinski definition) is 2. The molecule has 4 heteroatoms. The van der Waals surface area contributed by atoms with Crippen molar-refractivity contribution in [1.29, 1.82) is 0 Å². The minimum absolute atomic E-state index is 0.122. The van der Waals surface area contributed by atoms with E-state index in [1.165, 1.54) is 32.1 Å². The summed E-state index contributed by atoms with van der Waals surface area (Å²) in [5.41, 5.74) is 0.586. The maximum atomic E-state index is 13.8. The molecule has 1 atom stereocenters. The molecule has 1 aromatic carbocycles.